The molecule has 0 saturated carbocycles. The minimum absolute atomic E-state index is 0. The number of nitrogens with two attached hydrogens (primary N) is 1. The van der Waals surface area contributed by atoms with E-state index in [1.165, 1.54) is 8.61 Å². The van der Waals surface area contributed by atoms with Crippen molar-refractivity contribution < 1.29 is 8.42 Å². The highest BCUT2D eigenvalue weighted by Crippen LogP contribution is 2.16. The maximum atomic E-state index is 11.9. The molecule has 5 nitrogen and oxygen atoms in total. The van der Waals surface area contributed by atoms with E-state index in [0.717, 1.165) is 12.8 Å². The minimum atomic E-state index is -3.26. The highest BCUT2D eigenvalue weighted by atomic mass is 35.5. The molecule has 0 bridgehead atoms. The zero-order valence-corrected chi connectivity index (χ0v) is 10.9. The first-order chi connectivity index (χ1) is 6.50. The Labute approximate surface area is 98.2 Å². The summed E-state index contributed by atoms with van der Waals surface area (Å²) in [6.07, 6.45) is 1.92. The van der Waals surface area contributed by atoms with Gasteiger partial charge in [0.2, 0.25) is 0 Å². The second kappa shape index (κ2) is 6.00. The smallest absolute Gasteiger partial charge is 0.282 e. The molecule has 2 N–H and O–H groups in total. The van der Waals surface area contributed by atoms with Crippen LogP contribution in [0, 0.1) is 0 Å². The Balaban J connectivity index is 0.00000196. The Morgan fingerprint density at radius 2 is 1.87 bits per heavy atom. The molecule has 1 atom stereocenters. The summed E-state index contributed by atoms with van der Waals surface area (Å²) in [7, 11) is -1.67. The van der Waals surface area contributed by atoms with Crippen LogP contribution >= 0.6 is 12.4 Å². The summed E-state index contributed by atoms with van der Waals surface area (Å²) in [6.45, 7) is 3.45. The normalized spacial score (nSPS) is 20.3. The van der Waals surface area contributed by atoms with Crippen LogP contribution in [-0.4, -0.2) is 49.8 Å². The molecule has 1 heterocycles. The van der Waals surface area contributed by atoms with Gasteiger partial charge in [0.05, 0.1) is 0 Å². The van der Waals surface area contributed by atoms with Crippen molar-refractivity contribution >= 4 is 22.6 Å². The van der Waals surface area contributed by atoms with Crippen LogP contribution in [0.4, 0.5) is 0 Å². The van der Waals surface area contributed by atoms with Gasteiger partial charge < -0.3 is 5.73 Å². The van der Waals surface area contributed by atoms with Crippen molar-refractivity contribution in [3.8, 4) is 0 Å². The van der Waals surface area contributed by atoms with Crippen LogP contribution in [0.15, 0.2) is 0 Å². The summed E-state index contributed by atoms with van der Waals surface area (Å²) < 4.78 is 26.7. The lowest BCUT2D eigenvalue weighted by Crippen LogP contribution is -2.46. The summed E-state index contributed by atoms with van der Waals surface area (Å²) in [5.41, 5.74) is 5.44. The third kappa shape index (κ3) is 3.29. The fourth-order valence-electron chi connectivity index (χ4n) is 1.48. The van der Waals surface area contributed by atoms with Gasteiger partial charge in [-0.25, -0.2) is 0 Å². The predicted octanol–water partition coefficient (Wildman–Crippen LogP) is 0.0278. The third-order valence-electron chi connectivity index (χ3n) is 2.72. The summed E-state index contributed by atoms with van der Waals surface area (Å²) in [4.78, 5) is 0. The lowest BCUT2D eigenvalue weighted by atomic mass is 10.4. The lowest BCUT2D eigenvalue weighted by molar-refractivity contribution is 0.349. The predicted molar refractivity (Wildman–Crippen MR) is 63.3 cm³/mol. The maximum absolute atomic E-state index is 11.9. The number of hydrogen-bond acceptors (Lipinski definition) is 3. The highest BCUT2D eigenvalue weighted by molar-refractivity contribution is 7.86. The first kappa shape index (κ1) is 15.1. The molecule has 0 aliphatic carbocycles. The first-order valence-electron chi connectivity index (χ1n) is 4.93. The van der Waals surface area contributed by atoms with Gasteiger partial charge >= 0.3 is 0 Å². The van der Waals surface area contributed by atoms with E-state index in [9.17, 15) is 8.42 Å². The molecule has 15 heavy (non-hydrogen) atoms. The van der Waals surface area contributed by atoms with Crippen molar-refractivity contribution in [2.45, 2.75) is 25.8 Å². The highest BCUT2D eigenvalue weighted by Gasteiger charge is 2.31. The van der Waals surface area contributed by atoms with Crippen LogP contribution < -0.4 is 5.73 Å². The lowest BCUT2D eigenvalue weighted by Gasteiger charge is -2.27. The molecule has 92 valence electrons. The Morgan fingerprint density at radius 1 is 1.40 bits per heavy atom. The van der Waals surface area contributed by atoms with Gasteiger partial charge in [-0.1, -0.05) is 0 Å². The summed E-state index contributed by atoms with van der Waals surface area (Å²) >= 11 is 0. The molecule has 1 aliphatic heterocycles. The van der Waals surface area contributed by atoms with E-state index < -0.39 is 10.2 Å². The number of likely N-dealkylation sites (N-methyl/N-ethyl adjacent to an activating group) is 1. The van der Waals surface area contributed by atoms with Gasteiger partial charge in [-0.2, -0.15) is 17.0 Å². The zero-order valence-electron chi connectivity index (χ0n) is 9.22. The molecule has 1 saturated heterocycles. The van der Waals surface area contributed by atoms with E-state index in [1.807, 2.05) is 6.92 Å². The fraction of sp³-hybridized carbons (Fsp3) is 1.00. The average molecular weight is 258 g/mol. The van der Waals surface area contributed by atoms with Gasteiger partial charge in [-0.15, -0.1) is 12.4 Å². The van der Waals surface area contributed by atoms with E-state index >= 15 is 0 Å². The molecule has 7 heteroatoms. The molecule has 0 amide bonds. The van der Waals surface area contributed by atoms with Crippen LogP contribution in [0.25, 0.3) is 0 Å². The largest absolute Gasteiger partial charge is 0.329 e. The molecular formula is C8H20ClN3O2S. The van der Waals surface area contributed by atoms with Gasteiger partial charge in [-0.3, -0.25) is 0 Å². The van der Waals surface area contributed by atoms with Crippen LogP contribution in [0.5, 0.6) is 0 Å². The Morgan fingerprint density at radius 3 is 2.27 bits per heavy atom. The van der Waals surface area contributed by atoms with Crippen molar-refractivity contribution in [3.05, 3.63) is 0 Å². The van der Waals surface area contributed by atoms with Crippen molar-refractivity contribution in [2.24, 2.45) is 5.73 Å². The van der Waals surface area contributed by atoms with E-state index in [4.69, 9.17) is 5.73 Å². The molecule has 0 spiro atoms. The van der Waals surface area contributed by atoms with Crippen molar-refractivity contribution in [2.75, 3.05) is 26.7 Å². The number of rotatable bonds is 4. The molecule has 0 aromatic rings. The third-order valence-corrected chi connectivity index (χ3v) is 4.82. The van der Waals surface area contributed by atoms with E-state index in [0.29, 0.717) is 19.6 Å². The number of nitrogens with zero attached hydrogens (tertiary/aromatic N) is 2. The first-order valence-corrected chi connectivity index (χ1v) is 6.33. The molecule has 1 rings (SSSR count). The monoisotopic (exact) mass is 257 g/mol. The Bertz CT molecular complexity index is 278. The average Bonchev–Trinajstić information content (AvgIpc) is 2.68. The summed E-state index contributed by atoms with van der Waals surface area (Å²) in [6, 6.07) is -0.138. The van der Waals surface area contributed by atoms with Crippen molar-refractivity contribution in [1.29, 1.82) is 0 Å². The molecule has 1 aliphatic rings. The molecule has 0 aromatic heterocycles. The van der Waals surface area contributed by atoms with Gasteiger partial charge in [0.15, 0.2) is 0 Å². The maximum Gasteiger partial charge on any atom is 0.282 e. The quantitative estimate of drug-likeness (QED) is 0.773. The second-order valence-electron chi connectivity index (χ2n) is 3.71. The molecular weight excluding hydrogens is 238 g/mol. The van der Waals surface area contributed by atoms with E-state index in [-0.39, 0.29) is 18.4 Å². The summed E-state index contributed by atoms with van der Waals surface area (Å²) in [5.74, 6) is 0. The fourth-order valence-corrected chi connectivity index (χ4v) is 3.10. The molecule has 0 aromatic carbocycles. The zero-order chi connectivity index (χ0) is 10.8. The number of hydrogen-bond donors (Lipinski definition) is 1. The van der Waals surface area contributed by atoms with E-state index in [1.54, 1.807) is 7.05 Å². The van der Waals surface area contributed by atoms with Crippen LogP contribution in [0.1, 0.15) is 19.8 Å². The van der Waals surface area contributed by atoms with E-state index in [2.05, 4.69) is 0 Å². The van der Waals surface area contributed by atoms with Gasteiger partial charge in [-0.05, 0) is 19.8 Å². The van der Waals surface area contributed by atoms with Gasteiger partial charge in [0, 0.05) is 32.7 Å². The molecule has 0 radical (unpaired) electrons. The number of halogens is 1. The Hall–Kier alpha value is 0.120. The van der Waals surface area contributed by atoms with Crippen LogP contribution in [0.2, 0.25) is 0 Å². The van der Waals surface area contributed by atoms with Crippen LogP contribution in [-0.2, 0) is 10.2 Å². The molecule has 1 fully saturated rings. The summed E-state index contributed by atoms with van der Waals surface area (Å²) in [5, 5.41) is 0. The van der Waals surface area contributed by atoms with Gasteiger partial charge in [0.25, 0.3) is 10.2 Å². The topological polar surface area (TPSA) is 66.6 Å². The standard InChI is InChI=1S/C8H19N3O2S.ClH/c1-8(7-9)10(2)14(12,13)11-5-3-4-6-11;/h8H,3-7,9H2,1-2H3;1H. The van der Waals surface area contributed by atoms with Gasteiger partial charge in [0.1, 0.15) is 0 Å². The van der Waals surface area contributed by atoms with Crippen molar-refractivity contribution in [1.82, 2.24) is 8.61 Å². The van der Waals surface area contributed by atoms with Crippen molar-refractivity contribution in [3.63, 3.8) is 0 Å². The second-order valence-corrected chi connectivity index (χ2v) is 5.70. The SMILES string of the molecule is CC(CN)N(C)S(=O)(=O)N1CCCC1.Cl. The molecule has 1 unspecified atom stereocenters. The van der Waals surface area contributed by atoms with Crippen LogP contribution in [0.3, 0.4) is 0 Å². The Kier molecular flexibility index (Phi) is 6.05. The minimum Gasteiger partial charge on any atom is -0.329 e.